The summed E-state index contributed by atoms with van der Waals surface area (Å²) in [6, 6.07) is 5.68. The van der Waals surface area contributed by atoms with E-state index in [9.17, 15) is 4.79 Å². The Labute approximate surface area is 106 Å². The number of carbonyl (C=O) groups excluding carboxylic acids is 1. The molecule has 0 atom stereocenters. The normalized spacial score (nSPS) is 10.2. The molecule has 94 valence electrons. The van der Waals surface area contributed by atoms with Crippen molar-refractivity contribution < 1.29 is 4.79 Å². The summed E-state index contributed by atoms with van der Waals surface area (Å²) in [4.78, 5) is 15.7. The van der Waals surface area contributed by atoms with Crippen LogP contribution in [0.15, 0.2) is 43.2 Å². The molecule has 0 saturated carbocycles. The largest absolute Gasteiger partial charge is 0.338 e. The Balaban J connectivity index is 1.83. The minimum atomic E-state index is -0.182. The summed E-state index contributed by atoms with van der Waals surface area (Å²) in [5, 5.41) is 5.41. The fourth-order valence-corrected chi connectivity index (χ4v) is 1.64. The third-order valence-electron chi connectivity index (χ3n) is 2.49. The van der Waals surface area contributed by atoms with Gasteiger partial charge in [0.05, 0.1) is 5.69 Å². The van der Waals surface area contributed by atoms with Crippen molar-refractivity contribution in [3.8, 4) is 0 Å². The van der Waals surface area contributed by atoms with Gasteiger partial charge in [-0.2, -0.15) is 0 Å². The van der Waals surface area contributed by atoms with Crippen LogP contribution >= 0.6 is 0 Å². The van der Waals surface area contributed by atoms with Crippen LogP contribution in [0.5, 0.6) is 0 Å². The number of nitrogens with zero attached hydrogens (tertiary/aromatic N) is 2. The molecule has 2 rings (SSSR count). The zero-order valence-corrected chi connectivity index (χ0v) is 10.1. The number of hydrogen-bond donors (Lipinski definition) is 2. The van der Waals surface area contributed by atoms with E-state index in [4.69, 9.17) is 0 Å². The molecule has 2 amide bonds. The van der Waals surface area contributed by atoms with Crippen LogP contribution in [-0.4, -0.2) is 28.5 Å². The van der Waals surface area contributed by atoms with E-state index in [1.165, 1.54) is 0 Å². The number of urea groups is 1. The van der Waals surface area contributed by atoms with Gasteiger partial charge >= 0.3 is 6.03 Å². The lowest BCUT2D eigenvalue weighted by molar-refractivity contribution is 0.242. The lowest BCUT2D eigenvalue weighted by Gasteiger charge is -2.03. The molecule has 2 aromatic heterocycles. The Morgan fingerprint density at radius 2 is 2.33 bits per heavy atom. The van der Waals surface area contributed by atoms with Gasteiger partial charge in [0.2, 0.25) is 0 Å². The van der Waals surface area contributed by atoms with Gasteiger partial charge in [-0.1, -0.05) is 12.1 Å². The number of nitrogens with one attached hydrogen (secondary N) is 2. The van der Waals surface area contributed by atoms with Crippen molar-refractivity contribution in [2.75, 3.05) is 13.1 Å². The van der Waals surface area contributed by atoms with Crippen LogP contribution in [0.1, 0.15) is 5.69 Å². The Kier molecular flexibility index (Phi) is 3.96. The van der Waals surface area contributed by atoms with E-state index in [1.54, 1.807) is 6.08 Å². The first-order valence-corrected chi connectivity index (χ1v) is 5.85. The first kappa shape index (κ1) is 12.2. The summed E-state index contributed by atoms with van der Waals surface area (Å²) in [6.45, 7) is 4.56. The van der Waals surface area contributed by atoms with Gasteiger partial charge in [-0.25, -0.2) is 9.78 Å². The van der Waals surface area contributed by atoms with Crippen molar-refractivity contribution in [2.24, 2.45) is 0 Å². The van der Waals surface area contributed by atoms with E-state index < -0.39 is 0 Å². The number of imidazole rings is 1. The number of amides is 2. The number of carbonyl (C=O) groups is 1. The Bertz CT molecular complexity index is 514. The minimum absolute atomic E-state index is 0.182. The molecule has 2 N–H and O–H groups in total. The number of pyridine rings is 1. The van der Waals surface area contributed by atoms with Gasteiger partial charge in [-0.3, -0.25) is 0 Å². The predicted octanol–water partition coefficient (Wildman–Crippen LogP) is 1.36. The fraction of sp³-hybridized carbons (Fsp3) is 0.231. The lowest BCUT2D eigenvalue weighted by atomic mass is 10.3. The summed E-state index contributed by atoms with van der Waals surface area (Å²) >= 11 is 0. The lowest BCUT2D eigenvalue weighted by Crippen LogP contribution is -2.36. The number of rotatable bonds is 5. The van der Waals surface area contributed by atoms with E-state index in [2.05, 4.69) is 22.2 Å². The zero-order chi connectivity index (χ0) is 12.8. The molecule has 0 fully saturated rings. The second-order valence-corrected chi connectivity index (χ2v) is 3.87. The Morgan fingerprint density at radius 3 is 3.11 bits per heavy atom. The average molecular weight is 244 g/mol. The Hall–Kier alpha value is -2.30. The van der Waals surface area contributed by atoms with Gasteiger partial charge in [-0.15, -0.1) is 6.58 Å². The molecule has 0 aliphatic carbocycles. The van der Waals surface area contributed by atoms with Crippen LogP contribution in [0.25, 0.3) is 5.65 Å². The summed E-state index contributed by atoms with van der Waals surface area (Å²) < 4.78 is 1.97. The SMILES string of the molecule is C=CCNC(=O)NCCc1cn2ccccc2n1. The molecule has 2 heterocycles. The van der Waals surface area contributed by atoms with Crippen LogP contribution in [0.2, 0.25) is 0 Å². The van der Waals surface area contributed by atoms with E-state index in [1.807, 2.05) is 35.0 Å². The molecule has 0 radical (unpaired) electrons. The standard InChI is InChI=1S/C13H16N4O/c1-2-7-14-13(18)15-8-6-11-10-17-9-4-3-5-12(17)16-11/h2-5,9-10H,1,6-8H2,(H2,14,15,18). The quantitative estimate of drug-likeness (QED) is 0.780. The maximum atomic E-state index is 11.3. The molecule has 0 unspecified atom stereocenters. The van der Waals surface area contributed by atoms with Crippen molar-refractivity contribution in [3.05, 3.63) is 48.9 Å². The third-order valence-corrected chi connectivity index (χ3v) is 2.49. The van der Waals surface area contributed by atoms with Gasteiger partial charge in [0.1, 0.15) is 5.65 Å². The second-order valence-electron chi connectivity index (χ2n) is 3.87. The summed E-state index contributed by atoms with van der Waals surface area (Å²) in [7, 11) is 0. The predicted molar refractivity (Wildman–Crippen MR) is 70.5 cm³/mol. The Morgan fingerprint density at radius 1 is 1.44 bits per heavy atom. The highest BCUT2D eigenvalue weighted by Crippen LogP contribution is 2.04. The van der Waals surface area contributed by atoms with Crippen molar-refractivity contribution in [3.63, 3.8) is 0 Å². The summed E-state index contributed by atoms with van der Waals surface area (Å²) in [6.07, 6.45) is 6.28. The smallest absolute Gasteiger partial charge is 0.315 e. The topological polar surface area (TPSA) is 58.4 Å². The molecule has 5 nitrogen and oxygen atoms in total. The molecule has 5 heteroatoms. The second kappa shape index (κ2) is 5.86. The van der Waals surface area contributed by atoms with E-state index in [-0.39, 0.29) is 6.03 Å². The molecule has 0 aliphatic rings. The molecule has 0 aliphatic heterocycles. The first-order valence-electron chi connectivity index (χ1n) is 5.85. The monoisotopic (exact) mass is 244 g/mol. The molecule has 2 aromatic rings. The van der Waals surface area contributed by atoms with Crippen LogP contribution in [0.3, 0.4) is 0 Å². The summed E-state index contributed by atoms with van der Waals surface area (Å²) in [5.74, 6) is 0. The van der Waals surface area contributed by atoms with Crippen LogP contribution in [0.4, 0.5) is 4.79 Å². The highest BCUT2D eigenvalue weighted by molar-refractivity contribution is 5.73. The highest BCUT2D eigenvalue weighted by atomic mass is 16.2. The fourth-order valence-electron chi connectivity index (χ4n) is 1.64. The van der Waals surface area contributed by atoms with E-state index in [0.717, 1.165) is 11.3 Å². The zero-order valence-electron chi connectivity index (χ0n) is 10.1. The summed E-state index contributed by atoms with van der Waals surface area (Å²) in [5.41, 5.74) is 1.88. The van der Waals surface area contributed by atoms with Gasteiger partial charge in [0.15, 0.2) is 0 Å². The highest BCUT2D eigenvalue weighted by Gasteiger charge is 2.02. The molecular formula is C13H16N4O. The molecule has 0 aromatic carbocycles. The van der Waals surface area contributed by atoms with Crippen molar-refractivity contribution in [2.45, 2.75) is 6.42 Å². The average Bonchev–Trinajstić information content (AvgIpc) is 2.79. The molecule has 0 spiro atoms. The first-order chi connectivity index (χ1) is 8.79. The van der Waals surface area contributed by atoms with Gasteiger partial charge in [-0.05, 0) is 12.1 Å². The van der Waals surface area contributed by atoms with Crippen LogP contribution in [0, 0.1) is 0 Å². The maximum absolute atomic E-state index is 11.3. The number of aromatic nitrogens is 2. The molecule has 0 saturated heterocycles. The van der Waals surface area contributed by atoms with Crippen LogP contribution < -0.4 is 10.6 Å². The third kappa shape index (κ3) is 3.10. The maximum Gasteiger partial charge on any atom is 0.315 e. The van der Waals surface area contributed by atoms with Gasteiger partial charge < -0.3 is 15.0 Å². The number of hydrogen-bond acceptors (Lipinski definition) is 2. The van der Waals surface area contributed by atoms with Crippen LogP contribution in [-0.2, 0) is 6.42 Å². The van der Waals surface area contributed by atoms with E-state index in [0.29, 0.717) is 19.5 Å². The molecule has 18 heavy (non-hydrogen) atoms. The number of fused-ring (bicyclic) bond motifs is 1. The molecule has 0 bridgehead atoms. The van der Waals surface area contributed by atoms with Gasteiger partial charge in [0, 0.05) is 31.9 Å². The van der Waals surface area contributed by atoms with Crippen molar-refractivity contribution >= 4 is 11.7 Å². The van der Waals surface area contributed by atoms with Crippen molar-refractivity contribution in [1.29, 1.82) is 0 Å². The van der Waals surface area contributed by atoms with Gasteiger partial charge in [0.25, 0.3) is 0 Å². The molecular weight excluding hydrogens is 228 g/mol. The van der Waals surface area contributed by atoms with E-state index >= 15 is 0 Å². The minimum Gasteiger partial charge on any atom is -0.338 e. The van der Waals surface area contributed by atoms with Crippen molar-refractivity contribution in [1.82, 2.24) is 20.0 Å².